The molecular weight excluding hydrogens is 288 g/mol. The average molecular weight is 333 g/mol. The molecule has 0 heterocycles. The van der Waals surface area contributed by atoms with Gasteiger partial charge in [-0.1, -0.05) is 79.9 Å². The molecule has 0 fully saturated rings. The minimum atomic E-state index is 0. The smallest absolute Gasteiger partial charge is 0.144 e. The number of hydrogen-bond donors (Lipinski definition) is 1. The Bertz CT molecular complexity index is 227. The SMILES string of the molecule is C.C.C=COCC(=C)OC(C)CCCCCCCCCC.CO. The van der Waals surface area contributed by atoms with E-state index in [1.54, 1.807) is 0 Å². The Kier molecular flexibility index (Phi) is 33.8. The third kappa shape index (κ3) is 26.3. The number of aliphatic hydroxyl groups excluding tert-OH is 1. The predicted octanol–water partition coefficient (Wildman–Crippen LogP) is 6.48. The van der Waals surface area contributed by atoms with Gasteiger partial charge < -0.3 is 14.6 Å². The van der Waals surface area contributed by atoms with Gasteiger partial charge in [-0.3, -0.25) is 0 Å². The molecule has 3 nitrogen and oxygen atoms in total. The summed E-state index contributed by atoms with van der Waals surface area (Å²) >= 11 is 0. The maximum absolute atomic E-state index is 7.00. The summed E-state index contributed by atoms with van der Waals surface area (Å²) in [7, 11) is 1.00. The molecule has 0 saturated carbocycles. The molecular formula is C20H44O3. The zero-order chi connectivity index (χ0) is 16.3. The zero-order valence-electron chi connectivity index (χ0n) is 14.4. The molecule has 0 aromatic rings. The van der Waals surface area contributed by atoms with Crippen LogP contribution in [0.15, 0.2) is 25.2 Å². The summed E-state index contributed by atoms with van der Waals surface area (Å²) in [6.45, 7) is 12.1. The Morgan fingerprint density at radius 2 is 1.48 bits per heavy atom. The van der Waals surface area contributed by atoms with Gasteiger partial charge in [-0.15, -0.1) is 0 Å². The van der Waals surface area contributed by atoms with Crippen molar-refractivity contribution in [3.05, 3.63) is 25.2 Å². The first-order valence-corrected chi connectivity index (χ1v) is 8.22. The minimum absolute atomic E-state index is 0. The van der Waals surface area contributed by atoms with Crippen LogP contribution in [0.1, 0.15) is 86.5 Å². The molecule has 0 bridgehead atoms. The summed E-state index contributed by atoms with van der Waals surface area (Å²) < 4.78 is 10.7. The van der Waals surface area contributed by atoms with Crippen LogP contribution >= 0.6 is 0 Å². The van der Waals surface area contributed by atoms with Gasteiger partial charge in [0.15, 0.2) is 0 Å². The molecule has 1 N–H and O–H groups in total. The molecule has 0 aliphatic heterocycles. The van der Waals surface area contributed by atoms with Crippen LogP contribution in [0.2, 0.25) is 0 Å². The van der Waals surface area contributed by atoms with Crippen molar-refractivity contribution in [2.24, 2.45) is 0 Å². The van der Waals surface area contributed by atoms with Gasteiger partial charge >= 0.3 is 0 Å². The summed E-state index contributed by atoms with van der Waals surface area (Å²) in [4.78, 5) is 0. The number of rotatable bonds is 14. The van der Waals surface area contributed by atoms with E-state index in [4.69, 9.17) is 14.6 Å². The predicted molar refractivity (Wildman–Crippen MR) is 105 cm³/mol. The van der Waals surface area contributed by atoms with E-state index < -0.39 is 0 Å². The largest absolute Gasteiger partial charge is 0.494 e. The molecule has 1 unspecified atom stereocenters. The lowest BCUT2D eigenvalue weighted by atomic mass is 10.1. The molecule has 142 valence electrons. The van der Waals surface area contributed by atoms with Crippen LogP contribution in [-0.4, -0.2) is 24.9 Å². The van der Waals surface area contributed by atoms with Crippen LogP contribution in [0, 0.1) is 0 Å². The van der Waals surface area contributed by atoms with Crippen molar-refractivity contribution in [1.82, 2.24) is 0 Å². The van der Waals surface area contributed by atoms with Crippen LogP contribution in [0.25, 0.3) is 0 Å². The first-order valence-electron chi connectivity index (χ1n) is 8.22. The zero-order valence-corrected chi connectivity index (χ0v) is 14.4. The quantitative estimate of drug-likeness (QED) is 0.292. The van der Waals surface area contributed by atoms with Crippen LogP contribution in [-0.2, 0) is 9.47 Å². The Morgan fingerprint density at radius 1 is 1.00 bits per heavy atom. The molecule has 3 heteroatoms. The van der Waals surface area contributed by atoms with E-state index in [2.05, 4.69) is 27.0 Å². The highest BCUT2D eigenvalue weighted by Gasteiger charge is 2.04. The van der Waals surface area contributed by atoms with Gasteiger partial charge in [-0.05, 0) is 19.8 Å². The van der Waals surface area contributed by atoms with Gasteiger partial charge in [0, 0.05) is 7.11 Å². The summed E-state index contributed by atoms with van der Waals surface area (Å²) in [5.41, 5.74) is 0. The van der Waals surface area contributed by atoms with Crippen molar-refractivity contribution in [2.75, 3.05) is 13.7 Å². The second kappa shape index (κ2) is 26.0. The minimum Gasteiger partial charge on any atom is -0.494 e. The van der Waals surface area contributed by atoms with Crippen molar-refractivity contribution in [1.29, 1.82) is 0 Å². The summed E-state index contributed by atoms with van der Waals surface area (Å²) in [5, 5.41) is 7.00. The highest BCUT2D eigenvalue weighted by atomic mass is 16.5. The lowest BCUT2D eigenvalue weighted by molar-refractivity contribution is 0.0896. The van der Waals surface area contributed by atoms with E-state index >= 15 is 0 Å². The Labute approximate surface area is 146 Å². The summed E-state index contributed by atoms with van der Waals surface area (Å²) in [6, 6.07) is 0. The second-order valence-corrected chi connectivity index (χ2v) is 5.21. The van der Waals surface area contributed by atoms with Crippen LogP contribution in [0.4, 0.5) is 0 Å². The molecule has 0 radical (unpaired) electrons. The molecule has 0 aromatic carbocycles. The van der Waals surface area contributed by atoms with Crippen molar-refractivity contribution in [2.45, 2.75) is 92.6 Å². The Morgan fingerprint density at radius 3 is 1.96 bits per heavy atom. The number of hydrogen-bond acceptors (Lipinski definition) is 3. The highest BCUT2D eigenvalue weighted by Crippen LogP contribution is 2.13. The second-order valence-electron chi connectivity index (χ2n) is 5.21. The monoisotopic (exact) mass is 332 g/mol. The average Bonchev–Trinajstić information content (AvgIpc) is 2.50. The third-order valence-corrected chi connectivity index (χ3v) is 3.19. The van der Waals surface area contributed by atoms with E-state index in [0.29, 0.717) is 12.4 Å². The fourth-order valence-corrected chi connectivity index (χ4v) is 2.10. The molecule has 0 aliphatic carbocycles. The Balaban J connectivity index is -0.000000432. The lowest BCUT2D eigenvalue weighted by Crippen LogP contribution is -2.09. The first-order chi connectivity index (χ1) is 10.2. The van der Waals surface area contributed by atoms with E-state index in [1.807, 2.05) is 0 Å². The molecule has 0 aliphatic rings. The van der Waals surface area contributed by atoms with Crippen molar-refractivity contribution in [3.63, 3.8) is 0 Å². The molecule has 0 spiro atoms. The molecule has 0 amide bonds. The van der Waals surface area contributed by atoms with Crippen molar-refractivity contribution < 1.29 is 14.6 Å². The van der Waals surface area contributed by atoms with Gasteiger partial charge in [0.1, 0.15) is 12.4 Å². The molecule has 0 saturated heterocycles. The number of aliphatic hydroxyl groups is 1. The van der Waals surface area contributed by atoms with E-state index in [0.717, 1.165) is 13.5 Å². The van der Waals surface area contributed by atoms with Crippen LogP contribution in [0.5, 0.6) is 0 Å². The van der Waals surface area contributed by atoms with E-state index in [9.17, 15) is 0 Å². The maximum atomic E-state index is 7.00. The van der Waals surface area contributed by atoms with Gasteiger partial charge in [0.2, 0.25) is 0 Å². The van der Waals surface area contributed by atoms with E-state index in [1.165, 1.54) is 57.6 Å². The van der Waals surface area contributed by atoms with Gasteiger partial charge in [-0.2, -0.15) is 0 Å². The Hall–Kier alpha value is -0.960. The summed E-state index contributed by atoms with van der Waals surface area (Å²) in [6.07, 6.45) is 13.6. The molecule has 0 aromatic heterocycles. The number of ether oxygens (including phenoxy) is 2. The fourth-order valence-electron chi connectivity index (χ4n) is 2.10. The van der Waals surface area contributed by atoms with Gasteiger partial charge in [0.05, 0.1) is 12.4 Å². The highest BCUT2D eigenvalue weighted by molar-refractivity contribution is 4.84. The standard InChI is InChI=1S/C17H32O2.CH4O.2CH4/c1-5-7-8-9-10-11-12-13-14-16(3)19-17(4)15-18-6-2;1-2;;/h6,16H,2,4-5,7-15H2,1,3H3;2H,1H3;2*1H4. The molecule has 1 atom stereocenters. The van der Waals surface area contributed by atoms with Crippen LogP contribution in [0.3, 0.4) is 0 Å². The van der Waals surface area contributed by atoms with E-state index in [-0.39, 0.29) is 21.0 Å². The molecule has 0 rings (SSSR count). The van der Waals surface area contributed by atoms with Crippen LogP contribution < -0.4 is 0 Å². The third-order valence-electron chi connectivity index (χ3n) is 3.19. The van der Waals surface area contributed by atoms with Gasteiger partial charge in [-0.25, -0.2) is 0 Å². The fraction of sp³-hybridized carbons (Fsp3) is 0.800. The van der Waals surface area contributed by atoms with Crippen molar-refractivity contribution in [3.8, 4) is 0 Å². The van der Waals surface area contributed by atoms with Gasteiger partial charge in [0.25, 0.3) is 0 Å². The maximum Gasteiger partial charge on any atom is 0.144 e. The molecule has 23 heavy (non-hydrogen) atoms. The van der Waals surface area contributed by atoms with Crippen molar-refractivity contribution >= 4 is 0 Å². The first kappa shape index (κ1) is 30.0. The normalized spacial score (nSPS) is 10.1. The summed E-state index contributed by atoms with van der Waals surface area (Å²) in [5.74, 6) is 0.687. The number of unbranched alkanes of at least 4 members (excludes halogenated alkanes) is 7. The lowest BCUT2D eigenvalue weighted by Gasteiger charge is -2.16. The topological polar surface area (TPSA) is 38.7 Å².